The zero-order valence-corrected chi connectivity index (χ0v) is 27.6. The number of anilines is 2. The molecular formula is C30H30F3N9O5S2. The van der Waals surface area contributed by atoms with Crippen LogP contribution in [0.25, 0.3) is 22.3 Å². The molecule has 1 amide bonds. The minimum atomic E-state index is -4.36. The standard InChI is InChI=1S/C30H30F3N9O5S2/c1-16-6-8-20(9-7-16)48(44,45)42-15-22(21-10-17(31)11-23(32)27(21)42)28-35-14-24(33)29(38-28)36-18-4-3-5-19(12-18)37-30(43)25-13-26(39-41(25)2)40-49(34,46)47/h6-11,13-15,18-19H,3-5,12H2,1-2H3,(H,37,43)(H,39,40)(H2,34,46,47)(H,35,36,38)/t18-,19+/m0/s1. The number of aryl methyl sites for hydroxylation is 2. The second-order valence-electron chi connectivity index (χ2n) is 11.7. The van der Waals surface area contributed by atoms with Crippen molar-refractivity contribution < 1.29 is 34.8 Å². The van der Waals surface area contributed by atoms with Crippen molar-refractivity contribution in [2.75, 3.05) is 10.0 Å². The van der Waals surface area contributed by atoms with E-state index < -0.39 is 49.1 Å². The zero-order chi connectivity index (χ0) is 35.2. The number of carbonyl (C=O) groups is 1. The molecule has 3 aromatic heterocycles. The second kappa shape index (κ2) is 12.8. The number of nitrogens with two attached hydrogens (primary N) is 1. The molecule has 0 bridgehead atoms. The summed E-state index contributed by atoms with van der Waals surface area (Å²) in [6.07, 6.45) is 4.14. The fraction of sp³-hybridized carbons (Fsp3) is 0.267. The van der Waals surface area contributed by atoms with Gasteiger partial charge in [0.25, 0.3) is 26.1 Å². The summed E-state index contributed by atoms with van der Waals surface area (Å²) in [4.78, 5) is 21.2. The lowest BCUT2D eigenvalue weighted by Gasteiger charge is -2.30. The maximum atomic E-state index is 15.2. The van der Waals surface area contributed by atoms with E-state index in [1.807, 2.05) is 4.72 Å². The number of carbonyl (C=O) groups excluding carboxylic acids is 1. The van der Waals surface area contributed by atoms with Crippen LogP contribution in [0.4, 0.5) is 24.8 Å². The number of amides is 1. The SMILES string of the molecule is Cc1ccc(S(=O)(=O)n2cc(-c3ncc(F)c(N[C@H]4CCC[C@@H](NC(=O)c5cc(NS(N)(=O)=O)nn5C)C4)n3)c3cc(F)cc(F)c32)cc1. The number of benzene rings is 2. The Balaban J connectivity index is 1.26. The van der Waals surface area contributed by atoms with E-state index in [1.165, 1.54) is 29.9 Å². The summed E-state index contributed by atoms with van der Waals surface area (Å²) in [7, 11) is -6.99. The molecule has 2 aromatic carbocycles. The van der Waals surface area contributed by atoms with Crippen LogP contribution in [0.5, 0.6) is 0 Å². The minimum absolute atomic E-state index is 0.0478. The lowest BCUT2D eigenvalue weighted by molar-refractivity contribution is 0.0916. The summed E-state index contributed by atoms with van der Waals surface area (Å²) in [6, 6.07) is 7.93. The van der Waals surface area contributed by atoms with Gasteiger partial charge in [-0.1, -0.05) is 17.7 Å². The van der Waals surface area contributed by atoms with Crippen LogP contribution >= 0.6 is 0 Å². The number of nitrogens with zero attached hydrogens (tertiary/aromatic N) is 5. The molecular weight excluding hydrogens is 688 g/mol. The van der Waals surface area contributed by atoms with Crippen LogP contribution in [0.15, 0.2) is 59.8 Å². The van der Waals surface area contributed by atoms with Gasteiger partial charge in [0, 0.05) is 48.4 Å². The third-order valence-electron chi connectivity index (χ3n) is 8.06. The topological polar surface area (TPSA) is 196 Å². The van der Waals surface area contributed by atoms with Gasteiger partial charge in [-0.3, -0.25) is 14.2 Å². The van der Waals surface area contributed by atoms with Crippen LogP contribution in [0.1, 0.15) is 41.7 Å². The summed E-state index contributed by atoms with van der Waals surface area (Å²) in [6.45, 7) is 1.78. The highest BCUT2D eigenvalue weighted by Crippen LogP contribution is 2.35. The second-order valence-corrected chi connectivity index (χ2v) is 14.8. The molecule has 49 heavy (non-hydrogen) atoms. The fourth-order valence-corrected chi connectivity index (χ4v) is 7.58. The molecule has 0 spiro atoms. The van der Waals surface area contributed by atoms with Gasteiger partial charge in [-0.15, -0.1) is 0 Å². The third kappa shape index (κ3) is 7.08. The highest BCUT2D eigenvalue weighted by Gasteiger charge is 2.28. The minimum Gasteiger partial charge on any atom is -0.365 e. The summed E-state index contributed by atoms with van der Waals surface area (Å²) >= 11 is 0. The van der Waals surface area contributed by atoms with Crippen LogP contribution in [0, 0.1) is 24.4 Å². The molecule has 6 rings (SSSR count). The number of aromatic nitrogens is 5. The molecule has 14 nitrogen and oxygen atoms in total. The van der Waals surface area contributed by atoms with Crippen LogP contribution < -0.4 is 20.5 Å². The van der Waals surface area contributed by atoms with Gasteiger partial charge in [-0.2, -0.15) is 13.5 Å². The van der Waals surface area contributed by atoms with Gasteiger partial charge in [0.05, 0.1) is 11.1 Å². The highest BCUT2D eigenvalue weighted by molar-refractivity contribution is 7.90. The molecule has 0 saturated heterocycles. The Kier molecular flexibility index (Phi) is 8.84. The zero-order valence-electron chi connectivity index (χ0n) is 26.0. The summed E-state index contributed by atoms with van der Waals surface area (Å²) < 4.78 is 98.5. The van der Waals surface area contributed by atoms with Gasteiger partial charge in [-0.05, 0) is 50.8 Å². The van der Waals surface area contributed by atoms with Crippen LogP contribution in [0.2, 0.25) is 0 Å². The predicted molar refractivity (Wildman–Crippen MR) is 174 cm³/mol. The van der Waals surface area contributed by atoms with Crippen molar-refractivity contribution >= 4 is 48.7 Å². The first kappa shape index (κ1) is 33.9. The molecule has 0 unspecified atom stereocenters. The molecule has 1 fully saturated rings. The number of hydrogen-bond donors (Lipinski definition) is 4. The third-order valence-corrected chi connectivity index (χ3v) is 10.2. The number of fused-ring (bicyclic) bond motifs is 1. The summed E-state index contributed by atoms with van der Waals surface area (Å²) in [5, 5.41) is 14.7. The van der Waals surface area contributed by atoms with Crippen LogP contribution in [-0.2, 0) is 27.3 Å². The Labute approximate surface area is 278 Å². The Bertz CT molecular complexity index is 2310. The van der Waals surface area contributed by atoms with Gasteiger partial charge >= 0.3 is 0 Å². The van der Waals surface area contributed by atoms with Crippen LogP contribution in [-0.4, -0.2) is 58.5 Å². The fourth-order valence-electron chi connectivity index (χ4n) is 5.82. The molecule has 5 aromatic rings. The van der Waals surface area contributed by atoms with E-state index in [0.29, 0.717) is 35.7 Å². The van der Waals surface area contributed by atoms with Crippen molar-refractivity contribution in [1.82, 2.24) is 29.0 Å². The molecule has 1 saturated carbocycles. The van der Waals surface area contributed by atoms with E-state index in [4.69, 9.17) is 5.14 Å². The van der Waals surface area contributed by atoms with Gasteiger partial charge in [0.15, 0.2) is 29.1 Å². The molecule has 0 radical (unpaired) electrons. The van der Waals surface area contributed by atoms with Crippen LogP contribution in [0.3, 0.4) is 0 Å². The maximum Gasteiger partial charge on any atom is 0.297 e. The van der Waals surface area contributed by atoms with Gasteiger partial charge in [0.2, 0.25) is 0 Å². The Morgan fingerprint density at radius 2 is 1.71 bits per heavy atom. The lowest BCUT2D eigenvalue weighted by Crippen LogP contribution is -2.42. The molecule has 19 heteroatoms. The smallest absolute Gasteiger partial charge is 0.297 e. The summed E-state index contributed by atoms with van der Waals surface area (Å²) in [5.41, 5.74) is 0.405. The largest absolute Gasteiger partial charge is 0.365 e. The van der Waals surface area contributed by atoms with Crippen molar-refractivity contribution in [3.63, 3.8) is 0 Å². The molecule has 5 N–H and O–H groups in total. The first-order valence-corrected chi connectivity index (χ1v) is 17.8. The first-order valence-electron chi connectivity index (χ1n) is 14.9. The first-order chi connectivity index (χ1) is 23.1. The van der Waals surface area contributed by atoms with Crippen molar-refractivity contribution in [2.45, 2.75) is 49.6 Å². The monoisotopic (exact) mass is 717 g/mol. The van der Waals surface area contributed by atoms with Crippen molar-refractivity contribution in [2.24, 2.45) is 12.2 Å². The number of halogens is 3. The number of hydrogen-bond acceptors (Lipinski definition) is 9. The number of nitrogens with one attached hydrogen (secondary N) is 3. The van der Waals surface area contributed by atoms with E-state index in [-0.39, 0.29) is 51.1 Å². The van der Waals surface area contributed by atoms with Crippen molar-refractivity contribution in [3.8, 4) is 11.4 Å². The van der Waals surface area contributed by atoms with Gasteiger partial charge < -0.3 is 10.6 Å². The van der Waals surface area contributed by atoms with E-state index in [0.717, 1.165) is 24.0 Å². The quantitative estimate of drug-likeness (QED) is 0.176. The molecule has 1 aliphatic carbocycles. The van der Waals surface area contributed by atoms with Crippen molar-refractivity contribution in [3.05, 3.63) is 83.6 Å². The molecule has 0 aliphatic heterocycles. The Hall–Kier alpha value is -5.01. The normalized spacial score (nSPS) is 16.9. The predicted octanol–water partition coefficient (Wildman–Crippen LogP) is 3.56. The average Bonchev–Trinajstić information content (AvgIpc) is 3.58. The highest BCUT2D eigenvalue weighted by atomic mass is 32.2. The van der Waals surface area contributed by atoms with E-state index >= 15 is 8.78 Å². The molecule has 258 valence electrons. The van der Waals surface area contributed by atoms with Gasteiger partial charge in [0.1, 0.15) is 17.0 Å². The average molecular weight is 718 g/mol. The summed E-state index contributed by atoms with van der Waals surface area (Å²) in [5.74, 6) is -3.98. The molecule has 1 aliphatic rings. The lowest BCUT2D eigenvalue weighted by atomic mass is 9.91. The Morgan fingerprint density at radius 3 is 2.43 bits per heavy atom. The van der Waals surface area contributed by atoms with E-state index in [1.54, 1.807) is 19.1 Å². The van der Waals surface area contributed by atoms with E-state index in [9.17, 15) is 26.0 Å². The van der Waals surface area contributed by atoms with Gasteiger partial charge in [-0.25, -0.2) is 40.7 Å². The van der Waals surface area contributed by atoms with E-state index in [2.05, 4.69) is 25.7 Å². The van der Waals surface area contributed by atoms with Crippen molar-refractivity contribution in [1.29, 1.82) is 0 Å². The molecule has 3 heterocycles. The molecule has 2 atom stereocenters. The number of rotatable bonds is 9. The Morgan fingerprint density at radius 1 is 1.00 bits per heavy atom. The maximum absolute atomic E-state index is 15.2.